The minimum atomic E-state index is -0.726. The molecule has 0 aliphatic carbocycles. The Hall–Kier alpha value is -1.84. The molecule has 0 radical (unpaired) electrons. The van der Waals surface area contributed by atoms with Gasteiger partial charge in [0, 0.05) is 6.20 Å². The van der Waals surface area contributed by atoms with Gasteiger partial charge in [-0.05, 0) is 45.9 Å². The SMILES string of the molecule is C/C=C(/OC(=O)OC(C)(C)C)c1ccccn1. The number of rotatable bonds is 2. The highest BCUT2D eigenvalue weighted by Gasteiger charge is 2.19. The first-order valence-corrected chi connectivity index (χ1v) is 5.41. The van der Waals surface area contributed by atoms with E-state index in [1.807, 2.05) is 6.07 Å². The highest BCUT2D eigenvalue weighted by Crippen LogP contribution is 2.16. The van der Waals surface area contributed by atoms with Gasteiger partial charge < -0.3 is 9.47 Å². The Bertz CT molecular complexity index is 404. The molecule has 0 unspecified atom stereocenters. The van der Waals surface area contributed by atoms with Gasteiger partial charge in [-0.3, -0.25) is 4.98 Å². The molecule has 17 heavy (non-hydrogen) atoms. The molecular formula is C13H17NO3. The second-order valence-electron chi connectivity index (χ2n) is 4.43. The van der Waals surface area contributed by atoms with Crippen LogP contribution in [0, 0.1) is 0 Å². The van der Waals surface area contributed by atoms with Crippen LogP contribution in [0.4, 0.5) is 4.79 Å². The fourth-order valence-corrected chi connectivity index (χ4v) is 1.13. The summed E-state index contributed by atoms with van der Waals surface area (Å²) in [5.74, 6) is 0.389. The molecule has 1 aromatic heterocycles. The Balaban J connectivity index is 2.70. The van der Waals surface area contributed by atoms with Gasteiger partial charge in [0.2, 0.25) is 0 Å². The molecule has 0 N–H and O–H groups in total. The predicted octanol–water partition coefficient (Wildman–Crippen LogP) is 3.39. The minimum absolute atomic E-state index is 0.389. The van der Waals surface area contributed by atoms with Gasteiger partial charge >= 0.3 is 6.16 Å². The summed E-state index contributed by atoms with van der Waals surface area (Å²) >= 11 is 0. The van der Waals surface area contributed by atoms with Crippen LogP contribution in [-0.4, -0.2) is 16.7 Å². The van der Waals surface area contributed by atoms with Crippen molar-refractivity contribution in [3.05, 3.63) is 36.2 Å². The summed E-state index contributed by atoms with van der Waals surface area (Å²) in [5.41, 5.74) is 0.0286. The van der Waals surface area contributed by atoms with Crippen molar-refractivity contribution >= 4 is 11.9 Å². The smallest absolute Gasteiger partial charge is 0.428 e. The Morgan fingerprint density at radius 1 is 1.35 bits per heavy atom. The molecule has 0 aliphatic heterocycles. The number of nitrogens with zero attached hydrogens (tertiary/aromatic N) is 1. The van der Waals surface area contributed by atoms with Crippen LogP contribution in [0.5, 0.6) is 0 Å². The lowest BCUT2D eigenvalue weighted by atomic mass is 10.2. The van der Waals surface area contributed by atoms with Gasteiger partial charge in [-0.25, -0.2) is 4.79 Å². The maximum absolute atomic E-state index is 11.5. The normalized spacial score (nSPS) is 12.1. The molecule has 1 aromatic rings. The summed E-state index contributed by atoms with van der Waals surface area (Å²) in [4.78, 5) is 15.6. The molecule has 0 amide bonds. The number of carbonyl (C=O) groups is 1. The third kappa shape index (κ3) is 4.68. The molecule has 0 spiro atoms. The second-order valence-corrected chi connectivity index (χ2v) is 4.43. The maximum Gasteiger partial charge on any atom is 0.514 e. The first-order chi connectivity index (χ1) is 7.92. The summed E-state index contributed by atoms with van der Waals surface area (Å²) < 4.78 is 10.2. The van der Waals surface area contributed by atoms with Gasteiger partial charge in [0.1, 0.15) is 11.3 Å². The van der Waals surface area contributed by atoms with Gasteiger partial charge in [0.15, 0.2) is 5.76 Å². The van der Waals surface area contributed by atoms with Gasteiger partial charge in [0.05, 0.1) is 0 Å². The van der Waals surface area contributed by atoms with E-state index in [9.17, 15) is 4.79 Å². The second kappa shape index (κ2) is 5.48. The molecule has 92 valence electrons. The van der Waals surface area contributed by atoms with Crippen molar-refractivity contribution in [3.8, 4) is 0 Å². The Kier molecular flexibility index (Phi) is 4.26. The van der Waals surface area contributed by atoms with E-state index < -0.39 is 11.8 Å². The third-order valence-corrected chi connectivity index (χ3v) is 1.76. The summed E-state index contributed by atoms with van der Waals surface area (Å²) in [6.07, 6.45) is 2.58. The first kappa shape index (κ1) is 13.2. The number of aromatic nitrogens is 1. The predicted molar refractivity (Wildman–Crippen MR) is 65.2 cm³/mol. The summed E-state index contributed by atoms with van der Waals surface area (Å²) in [5, 5.41) is 0. The van der Waals surface area contributed by atoms with E-state index in [-0.39, 0.29) is 0 Å². The molecule has 0 saturated carbocycles. The number of ether oxygens (including phenoxy) is 2. The summed E-state index contributed by atoms with van der Waals surface area (Å²) in [6, 6.07) is 5.38. The molecule has 0 aliphatic rings. The molecule has 0 fully saturated rings. The van der Waals surface area contributed by atoms with Crippen molar-refractivity contribution in [1.29, 1.82) is 0 Å². The molecule has 0 saturated heterocycles. The first-order valence-electron chi connectivity index (χ1n) is 5.41. The largest absolute Gasteiger partial charge is 0.514 e. The Morgan fingerprint density at radius 3 is 2.53 bits per heavy atom. The molecule has 0 aromatic carbocycles. The van der Waals surface area contributed by atoms with E-state index in [2.05, 4.69) is 4.98 Å². The molecule has 4 nitrogen and oxygen atoms in total. The van der Waals surface area contributed by atoms with Gasteiger partial charge in [0.25, 0.3) is 0 Å². The van der Waals surface area contributed by atoms with E-state index in [1.165, 1.54) is 0 Å². The van der Waals surface area contributed by atoms with E-state index in [0.717, 1.165) is 0 Å². The quantitative estimate of drug-likeness (QED) is 0.582. The van der Waals surface area contributed by atoms with Crippen LogP contribution in [0.25, 0.3) is 5.76 Å². The van der Waals surface area contributed by atoms with Crippen molar-refractivity contribution in [1.82, 2.24) is 4.98 Å². The van der Waals surface area contributed by atoms with Crippen molar-refractivity contribution in [2.75, 3.05) is 0 Å². The van der Waals surface area contributed by atoms with Gasteiger partial charge in [-0.2, -0.15) is 0 Å². The number of hydrogen-bond acceptors (Lipinski definition) is 4. The molecule has 4 heteroatoms. The van der Waals surface area contributed by atoms with Gasteiger partial charge in [-0.15, -0.1) is 0 Å². The van der Waals surface area contributed by atoms with E-state index in [0.29, 0.717) is 11.5 Å². The Morgan fingerprint density at radius 2 is 2.06 bits per heavy atom. The molecule has 1 heterocycles. The van der Waals surface area contributed by atoms with E-state index >= 15 is 0 Å². The van der Waals surface area contributed by atoms with Crippen LogP contribution in [0.2, 0.25) is 0 Å². The van der Waals surface area contributed by atoms with Crippen LogP contribution < -0.4 is 0 Å². The standard InChI is InChI=1S/C13H17NO3/c1-5-11(10-8-6-7-9-14-10)16-12(15)17-13(2,3)4/h5-9H,1-4H3/b11-5+. The van der Waals surface area contributed by atoms with Crippen molar-refractivity contribution in [2.24, 2.45) is 0 Å². The average molecular weight is 235 g/mol. The highest BCUT2D eigenvalue weighted by atomic mass is 16.7. The summed E-state index contributed by atoms with van der Waals surface area (Å²) in [6.45, 7) is 7.12. The zero-order chi connectivity index (χ0) is 12.9. The lowest BCUT2D eigenvalue weighted by Gasteiger charge is -2.19. The molecule has 0 atom stereocenters. The summed E-state index contributed by atoms with van der Waals surface area (Å²) in [7, 11) is 0. The topological polar surface area (TPSA) is 48.4 Å². The van der Waals surface area contributed by atoms with Crippen LogP contribution in [0.15, 0.2) is 30.5 Å². The number of pyridine rings is 1. The lowest BCUT2D eigenvalue weighted by Crippen LogP contribution is -2.24. The monoisotopic (exact) mass is 235 g/mol. The van der Waals surface area contributed by atoms with Crippen LogP contribution in [0.3, 0.4) is 0 Å². The number of hydrogen-bond donors (Lipinski definition) is 0. The third-order valence-electron chi connectivity index (χ3n) is 1.76. The van der Waals surface area contributed by atoms with Crippen molar-refractivity contribution in [2.45, 2.75) is 33.3 Å². The van der Waals surface area contributed by atoms with Crippen LogP contribution in [0.1, 0.15) is 33.4 Å². The van der Waals surface area contributed by atoms with E-state index in [1.54, 1.807) is 52.1 Å². The zero-order valence-corrected chi connectivity index (χ0v) is 10.6. The van der Waals surface area contributed by atoms with Crippen molar-refractivity contribution < 1.29 is 14.3 Å². The minimum Gasteiger partial charge on any atom is -0.428 e. The number of carbonyl (C=O) groups excluding carboxylic acids is 1. The fraction of sp³-hybridized carbons (Fsp3) is 0.385. The Labute approximate surface area is 101 Å². The van der Waals surface area contributed by atoms with Crippen LogP contribution >= 0.6 is 0 Å². The van der Waals surface area contributed by atoms with Crippen molar-refractivity contribution in [3.63, 3.8) is 0 Å². The molecule has 1 rings (SSSR count). The molecular weight excluding hydrogens is 218 g/mol. The fourth-order valence-electron chi connectivity index (χ4n) is 1.13. The number of allylic oxidation sites excluding steroid dienone is 1. The van der Waals surface area contributed by atoms with Gasteiger partial charge in [-0.1, -0.05) is 6.07 Å². The average Bonchev–Trinajstić information content (AvgIpc) is 2.24. The highest BCUT2D eigenvalue weighted by molar-refractivity contribution is 5.71. The van der Waals surface area contributed by atoms with Crippen LogP contribution in [-0.2, 0) is 9.47 Å². The lowest BCUT2D eigenvalue weighted by molar-refractivity contribution is 0.0147. The van der Waals surface area contributed by atoms with E-state index in [4.69, 9.17) is 9.47 Å². The maximum atomic E-state index is 11.5. The molecule has 0 bridgehead atoms. The zero-order valence-electron chi connectivity index (χ0n) is 10.6.